The van der Waals surface area contributed by atoms with E-state index in [1.807, 2.05) is 30.3 Å². The SMILES string of the molecule is O=C1OC(c2ccccc2Br)=N/C1=C/c1cccnc1. The second kappa shape index (κ2) is 5.38. The van der Waals surface area contributed by atoms with Crippen LogP contribution in [0.25, 0.3) is 6.08 Å². The highest BCUT2D eigenvalue weighted by Crippen LogP contribution is 2.23. The van der Waals surface area contributed by atoms with Gasteiger partial charge in [0.25, 0.3) is 0 Å². The number of aromatic nitrogens is 1. The van der Waals surface area contributed by atoms with E-state index in [9.17, 15) is 4.79 Å². The Bertz CT molecular complexity index is 724. The number of aliphatic imine (C=N–C) groups is 1. The van der Waals surface area contributed by atoms with Gasteiger partial charge < -0.3 is 4.74 Å². The lowest BCUT2D eigenvalue weighted by Gasteiger charge is -2.01. The van der Waals surface area contributed by atoms with E-state index in [2.05, 4.69) is 25.9 Å². The summed E-state index contributed by atoms with van der Waals surface area (Å²) < 4.78 is 6.03. The van der Waals surface area contributed by atoms with E-state index in [1.54, 1.807) is 24.5 Å². The average Bonchev–Trinajstić information content (AvgIpc) is 2.81. The summed E-state index contributed by atoms with van der Waals surface area (Å²) in [6.07, 6.45) is 4.98. The number of hydrogen-bond acceptors (Lipinski definition) is 4. The largest absolute Gasteiger partial charge is 0.402 e. The number of halogens is 1. The molecule has 2 aromatic rings. The topological polar surface area (TPSA) is 51.5 Å². The summed E-state index contributed by atoms with van der Waals surface area (Å²) in [5.74, 6) is -0.155. The number of rotatable bonds is 2. The Kier molecular flexibility index (Phi) is 3.43. The first kappa shape index (κ1) is 12.7. The number of nitrogens with zero attached hydrogens (tertiary/aromatic N) is 2. The summed E-state index contributed by atoms with van der Waals surface area (Å²) in [5.41, 5.74) is 1.82. The van der Waals surface area contributed by atoms with Crippen molar-refractivity contribution in [1.29, 1.82) is 0 Å². The highest BCUT2D eigenvalue weighted by Gasteiger charge is 2.25. The van der Waals surface area contributed by atoms with Crippen molar-refractivity contribution in [2.24, 2.45) is 4.99 Å². The smallest absolute Gasteiger partial charge is 0.363 e. The summed E-state index contributed by atoms with van der Waals surface area (Å²) >= 11 is 3.41. The van der Waals surface area contributed by atoms with E-state index in [4.69, 9.17) is 4.74 Å². The quantitative estimate of drug-likeness (QED) is 0.628. The van der Waals surface area contributed by atoms with Gasteiger partial charge >= 0.3 is 5.97 Å². The molecule has 1 aliphatic heterocycles. The minimum atomic E-state index is -0.459. The summed E-state index contributed by atoms with van der Waals surface area (Å²) in [7, 11) is 0. The lowest BCUT2D eigenvalue weighted by Crippen LogP contribution is -2.05. The molecular weight excluding hydrogens is 320 g/mol. The maximum Gasteiger partial charge on any atom is 0.363 e. The second-order valence-electron chi connectivity index (χ2n) is 4.10. The molecule has 0 saturated heterocycles. The average molecular weight is 329 g/mol. The van der Waals surface area contributed by atoms with Gasteiger partial charge in [0.2, 0.25) is 5.90 Å². The minimum absolute atomic E-state index is 0.267. The summed E-state index contributed by atoms with van der Waals surface area (Å²) in [6.45, 7) is 0. The zero-order chi connectivity index (χ0) is 13.9. The number of benzene rings is 1. The third kappa shape index (κ3) is 2.53. The summed E-state index contributed by atoms with van der Waals surface area (Å²) in [5, 5.41) is 0. The van der Waals surface area contributed by atoms with E-state index in [1.165, 1.54) is 0 Å². The van der Waals surface area contributed by atoms with Gasteiger partial charge in [-0.1, -0.05) is 18.2 Å². The molecule has 0 saturated carbocycles. The molecule has 0 fully saturated rings. The van der Waals surface area contributed by atoms with Gasteiger partial charge in [-0.3, -0.25) is 4.98 Å². The van der Waals surface area contributed by atoms with Crippen LogP contribution in [-0.2, 0) is 9.53 Å². The molecule has 20 heavy (non-hydrogen) atoms. The Balaban J connectivity index is 1.98. The van der Waals surface area contributed by atoms with Gasteiger partial charge in [-0.2, -0.15) is 0 Å². The predicted octanol–water partition coefficient (Wildman–Crippen LogP) is 3.19. The highest BCUT2D eigenvalue weighted by molar-refractivity contribution is 9.10. The predicted molar refractivity (Wildman–Crippen MR) is 79.0 cm³/mol. The monoisotopic (exact) mass is 328 g/mol. The molecule has 3 rings (SSSR count). The van der Waals surface area contributed by atoms with Crippen LogP contribution in [0.5, 0.6) is 0 Å². The van der Waals surface area contributed by atoms with Crippen molar-refractivity contribution >= 4 is 33.9 Å². The Morgan fingerprint density at radius 2 is 2.00 bits per heavy atom. The van der Waals surface area contributed by atoms with Crippen LogP contribution in [0.4, 0.5) is 0 Å². The molecule has 0 unspecified atom stereocenters. The number of pyridine rings is 1. The number of ether oxygens (including phenoxy) is 1. The van der Waals surface area contributed by atoms with E-state index in [0.29, 0.717) is 5.90 Å². The van der Waals surface area contributed by atoms with Gasteiger partial charge in [0.05, 0.1) is 5.56 Å². The maximum absolute atomic E-state index is 11.8. The lowest BCUT2D eigenvalue weighted by atomic mass is 10.2. The first-order valence-electron chi connectivity index (χ1n) is 5.91. The molecule has 0 N–H and O–H groups in total. The zero-order valence-corrected chi connectivity index (χ0v) is 11.9. The number of cyclic esters (lactones) is 1. The Morgan fingerprint density at radius 3 is 2.75 bits per heavy atom. The third-order valence-electron chi connectivity index (χ3n) is 2.71. The number of carbonyl (C=O) groups excluding carboxylic acids is 1. The molecule has 0 bridgehead atoms. The van der Waals surface area contributed by atoms with E-state index in [0.717, 1.165) is 15.6 Å². The van der Waals surface area contributed by atoms with Crippen molar-refractivity contribution in [3.8, 4) is 0 Å². The fourth-order valence-electron chi connectivity index (χ4n) is 1.78. The molecule has 5 heteroatoms. The van der Waals surface area contributed by atoms with E-state index < -0.39 is 5.97 Å². The van der Waals surface area contributed by atoms with Gasteiger partial charge in [-0.05, 0) is 45.8 Å². The van der Waals surface area contributed by atoms with Crippen molar-refractivity contribution in [1.82, 2.24) is 4.98 Å². The molecule has 1 aromatic heterocycles. The Morgan fingerprint density at radius 1 is 1.15 bits per heavy atom. The van der Waals surface area contributed by atoms with E-state index >= 15 is 0 Å². The molecule has 1 aliphatic rings. The van der Waals surface area contributed by atoms with Gasteiger partial charge in [-0.15, -0.1) is 0 Å². The van der Waals surface area contributed by atoms with Crippen molar-refractivity contribution in [3.63, 3.8) is 0 Å². The van der Waals surface area contributed by atoms with Crippen molar-refractivity contribution in [3.05, 3.63) is 70.1 Å². The lowest BCUT2D eigenvalue weighted by molar-refractivity contribution is -0.129. The molecule has 0 radical (unpaired) electrons. The Labute approximate surface area is 124 Å². The van der Waals surface area contributed by atoms with Crippen LogP contribution in [0.3, 0.4) is 0 Å². The fourth-order valence-corrected chi connectivity index (χ4v) is 2.23. The van der Waals surface area contributed by atoms with Crippen LogP contribution in [0.2, 0.25) is 0 Å². The first-order chi connectivity index (χ1) is 9.74. The molecule has 4 nitrogen and oxygen atoms in total. The van der Waals surface area contributed by atoms with E-state index in [-0.39, 0.29) is 5.70 Å². The highest BCUT2D eigenvalue weighted by atomic mass is 79.9. The zero-order valence-electron chi connectivity index (χ0n) is 10.3. The third-order valence-corrected chi connectivity index (χ3v) is 3.40. The summed E-state index contributed by atoms with van der Waals surface area (Å²) in [6, 6.07) is 11.1. The molecular formula is C15H9BrN2O2. The Hall–Kier alpha value is -2.27. The first-order valence-corrected chi connectivity index (χ1v) is 6.71. The number of carbonyl (C=O) groups is 1. The molecule has 0 atom stereocenters. The molecule has 0 amide bonds. The van der Waals surface area contributed by atoms with Crippen molar-refractivity contribution < 1.29 is 9.53 Å². The van der Waals surface area contributed by atoms with Crippen LogP contribution in [-0.4, -0.2) is 16.9 Å². The maximum atomic E-state index is 11.8. The van der Waals surface area contributed by atoms with Crippen LogP contribution in [0, 0.1) is 0 Å². The molecule has 2 heterocycles. The summed E-state index contributed by atoms with van der Waals surface area (Å²) in [4.78, 5) is 20.1. The standard InChI is InChI=1S/C15H9BrN2O2/c16-12-6-2-1-5-11(12)14-18-13(15(19)20-14)8-10-4-3-7-17-9-10/h1-9H/b13-8+. The normalized spacial score (nSPS) is 16.1. The fraction of sp³-hybridized carbons (Fsp3) is 0. The second-order valence-corrected chi connectivity index (χ2v) is 4.96. The van der Waals surface area contributed by atoms with Crippen molar-refractivity contribution in [2.45, 2.75) is 0 Å². The van der Waals surface area contributed by atoms with Gasteiger partial charge in [0, 0.05) is 16.9 Å². The van der Waals surface area contributed by atoms with Crippen LogP contribution >= 0.6 is 15.9 Å². The number of esters is 1. The number of hydrogen-bond donors (Lipinski definition) is 0. The van der Waals surface area contributed by atoms with Crippen molar-refractivity contribution in [2.75, 3.05) is 0 Å². The van der Waals surface area contributed by atoms with Crippen LogP contribution in [0.1, 0.15) is 11.1 Å². The minimum Gasteiger partial charge on any atom is -0.402 e. The molecule has 0 spiro atoms. The van der Waals surface area contributed by atoms with Gasteiger partial charge in [-0.25, -0.2) is 9.79 Å². The van der Waals surface area contributed by atoms with Gasteiger partial charge in [0.1, 0.15) is 0 Å². The molecule has 1 aromatic carbocycles. The van der Waals surface area contributed by atoms with Crippen LogP contribution in [0.15, 0.2) is 64.0 Å². The van der Waals surface area contributed by atoms with Gasteiger partial charge in [0.15, 0.2) is 5.70 Å². The molecule has 0 aliphatic carbocycles. The van der Waals surface area contributed by atoms with Crippen LogP contribution < -0.4 is 0 Å². The molecule has 98 valence electrons.